The monoisotopic (exact) mass is 194 g/mol. The molecule has 1 aliphatic rings. The molecule has 1 aromatic carbocycles. The van der Waals surface area contributed by atoms with E-state index in [4.69, 9.17) is 5.73 Å². The van der Waals surface area contributed by atoms with Crippen molar-refractivity contribution in [3.05, 3.63) is 33.4 Å². The van der Waals surface area contributed by atoms with Crippen molar-refractivity contribution < 1.29 is 10.0 Å². The number of nitrogens with zero attached hydrogens (tertiary/aromatic N) is 1. The molecule has 5 heteroatoms. The molecule has 0 radical (unpaired) electrons. The molecule has 0 aliphatic heterocycles. The highest BCUT2D eigenvalue weighted by atomic mass is 16.6. The van der Waals surface area contributed by atoms with Crippen LogP contribution in [0.3, 0.4) is 0 Å². The van der Waals surface area contributed by atoms with E-state index in [2.05, 4.69) is 0 Å². The Labute approximate surface area is 80.3 Å². The lowest BCUT2D eigenvalue weighted by atomic mass is 10.1. The highest BCUT2D eigenvalue weighted by molar-refractivity contribution is 5.53. The second kappa shape index (κ2) is 2.95. The van der Waals surface area contributed by atoms with Crippen molar-refractivity contribution in [2.75, 3.05) is 0 Å². The van der Waals surface area contributed by atoms with Crippen LogP contribution in [0.4, 0.5) is 5.69 Å². The number of rotatable bonds is 1. The van der Waals surface area contributed by atoms with Gasteiger partial charge in [-0.3, -0.25) is 10.1 Å². The fourth-order valence-corrected chi connectivity index (χ4v) is 1.81. The first-order valence-electron chi connectivity index (χ1n) is 4.35. The van der Waals surface area contributed by atoms with Crippen LogP contribution in [0.25, 0.3) is 0 Å². The molecule has 1 atom stereocenters. The third kappa shape index (κ3) is 1.22. The molecule has 0 heterocycles. The Balaban J connectivity index is 2.57. The minimum Gasteiger partial charge on any atom is -0.502 e. The summed E-state index contributed by atoms with van der Waals surface area (Å²) < 4.78 is 0. The van der Waals surface area contributed by atoms with Gasteiger partial charge in [0.1, 0.15) is 0 Å². The Morgan fingerprint density at radius 2 is 2.29 bits per heavy atom. The van der Waals surface area contributed by atoms with Gasteiger partial charge in [-0.25, -0.2) is 0 Å². The summed E-state index contributed by atoms with van der Waals surface area (Å²) in [6, 6.07) is 2.69. The van der Waals surface area contributed by atoms with Gasteiger partial charge in [0.05, 0.1) is 4.92 Å². The van der Waals surface area contributed by atoms with E-state index in [1.807, 2.05) is 0 Å². The first-order chi connectivity index (χ1) is 6.59. The van der Waals surface area contributed by atoms with Crippen molar-refractivity contribution in [2.45, 2.75) is 18.9 Å². The molecule has 0 bridgehead atoms. The number of phenolic OH excluding ortho intramolecular Hbond substituents is 1. The summed E-state index contributed by atoms with van der Waals surface area (Å²) in [7, 11) is 0. The van der Waals surface area contributed by atoms with Crippen LogP contribution >= 0.6 is 0 Å². The van der Waals surface area contributed by atoms with Crippen molar-refractivity contribution in [3.8, 4) is 5.75 Å². The van der Waals surface area contributed by atoms with Crippen molar-refractivity contribution in [1.82, 2.24) is 0 Å². The van der Waals surface area contributed by atoms with Crippen LogP contribution in [0.15, 0.2) is 12.1 Å². The lowest BCUT2D eigenvalue weighted by molar-refractivity contribution is -0.385. The maximum atomic E-state index is 10.5. The number of aromatic hydroxyl groups is 1. The second-order valence-electron chi connectivity index (χ2n) is 3.44. The first-order valence-corrected chi connectivity index (χ1v) is 4.35. The van der Waals surface area contributed by atoms with Crippen LogP contribution in [-0.2, 0) is 6.42 Å². The van der Waals surface area contributed by atoms with E-state index in [0.717, 1.165) is 24.0 Å². The Morgan fingerprint density at radius 3 is 2.93 bits per heavy atom. The molecule has 0 spiro atoms. The fourth-order valence-electron chi connectivity index (χ4n) is 1.81. The molecule has 0 aromatic heterocycles. The standard InChI is InChI=1S/C9H10N2O3/c10-7-2-1-5-3-9(12)8(11(13)14)4-6(5)7/h3-4,7,12H,1-2,10H2. The molecule has 2 rings (SSSR count). The molecule has 0 fully saturated rings. The van der Waals surface area contributed by atoms with Crippen molar-refractivity contribution in [1.29, 1.82) is 0 Å². The minimum atomic E-state index is -0.597. The van der Waals surface area contributed by atoms with Crippen LogP contribution < -0.4 is 5.73 Å². The molecule has 0 saturated heterocycles. The predicted molar refractivity (Wildman–Crippen MR) is 50.0 cm³/mol. The largest absolute Gasteiger partial charge is 0.502 e. The summed E-state index contributed by atoms with van der Waals surface area (Å²) in [4.78, 5) is 9.94. The first kappa shape index (κ1) is 8.96. The number of hydrogen-bond donors (Lipinski definition) is 2. The molecule has 0 saturated carbocycles. The molecule has 1 aliphatic carbocycles. The van der Waals surface area contributed by atoms with Gasteiger partial charge >= 0.3 is 5.69 Å². The van der Waals surface area contributed by atoms with E-state index in [9.17, 15) is 15.2 Å². The maximum Gasteiger partial charge on any atom is 0.311 e. The van der Waals surface area contributed by atoms with Crippen LogP contribution in [-0.4, -0.2) is 10.0 Å². The van der Waals surface area contributed by atoms with E-state index in [-0.39, 0.29) is 17.5 Å². The average Bonchev–Trinajstić information content (AvgIpc) is 2.46. The zero-order chi connectivity index (χ0) is 10.3. The molecule has 74 valence electrons. The predicted octanol–water partition coefficient (Wildman–Crippen LogP) is 1.25. The van der Waals surface area contributed by atoms with Gasteiger partial charge in [0.15, 0.2) is 5.75 Å². The number of hydrogen-bond acceptors (Lipinski definition) is 4. The van der Waals surface area contributed by atoms with Gasteiger partial charge in [-0.15, -0.1) is 0 Å². The summed E-state index contributed by atoms with van der Waals surface area (Å²) >= 11 is 0. The number of aryl methyl sites for hydroxylation is 1. The SMILES string of the molecule is NC1CCc2cc(O)c([N+](=O)[O-])cc21. The van der Waals surface area contributed by atoms with Gasteiger partial charge < -0.3 is 10.8 Å². The molecule has 5 nitrogen and oxygen atoms in total. The molecule has 14 heavy (non-hydrogen) atoms. The Bertz CT molecular complexity index is 403. The van der Waals surface area contributed by atoms with Crippen LogP contribution in [0.5, 0.6) is 5.75 Å². The molecular formula is C9H10N2O3. The highest BCUT2D eigenvalue weighted by Crippen LogP contribution is 2.37. The van der Waals surface area contributed by atoms with E-state index in [1.54, 1.807) is 0 Å². The molecule has 0 amide bonds. The molecular weight excluding hydrogens is 184 g/mol. The average molecular weight is 194 g/mol. The van der Waals surface area contributed by atoms with Crippen molar-refractivity contribution >= 4 is 5.69 Å². The quantitative estimate of drug-likeness (QED) is 0.520. The number of nitrogens with two attached hydrogens (primary N) is 1. The summed E-state index contributed by atoms with van der Waals surface area (Å²) in [5, 5.41) is 19.9. The van der Waals surface area contributed by atoms with Gasteiger partial charge in [0, 0.05) is 12.1 Å². The normalized spacial score (nSPS) is 19.4. The smallest absolute Gasteiger partial charge is 0.311 e. The Hall–Kier alpha value is -1.62. The Kier molecular flexibility index (Phi) is 1.89. The lowest BCUT2D eigenvalue weighted by Crippen LogP contribution is -2.05. The van der Waals surface area contributed by atoms with Crippen molar-refractivity contribution in [3.63, 3.8) is 0 Å². The second-order valence-corrected chi connectivity index (χ2v) is 3.44. The van der Waals surface area contributed by atoms with Gasteiger partial charge in [0.2, 0.25) is 0 Å². The lowest BCUT2D eigenvalue weighted by Gasteiger charge is -2.04. The molecule has 1 unspecified atom stereocenters. The number of nitro groups is 1. The number of fused-ring (bicyclic) bond motifs is 1. The minimum absolute atomic E-state index is 0.135. The highest BCUT2D eigenvalue weighted by Gasteiger charge is 2.24. The fraction of sp³-hybridized carbons (Fsp3) is 0.333. The van der Waals surface area contributed by atoms with E-state index < -0.39 is 4.92 Å². The Morgan fingerprint density at radius 1 is 1.57 bits per heavy atom. The number of benzene rings is 1. The zero-order valence-corrected chi connectivity index (χ0v) is 7.43. The van der Waals surface area contributed by atoms with E-state index in [0.29, 0.717) is 0 Å². The number of nitro benzene ring substituents is 1. The summed E-state index contributed by atoms with van der Waals surface area (Å²) in [5.41, 5.74) is 7.20. The summed E-state index contributed by atoms with van der Waals surface area (Å²) in [5.74, 6) is -0.275. The van der Waals surface area contributed by atoms with Crippen LogP contribution in [0.1, 0.15) is 23.6 Å². The zero-order valence-electron chi connectivity index (χ0n) is 7.43. The van der Waals surface area contributed by atoms with E-state index in [1.165, 1.54) is 12.1 Å². The van der Waals surface area contributed by atoms with Gasteiger partial charge in [-0.1, -0.05) is 0 Å². The van der Waals surface area contributed by atoms with Crippen molar-refractivity contribution in [2.24, 2.45) is 5.73 Å². The third-order valence-electron chi connectivity index (χ3n) is 2.56. The van der Waals surface area contributed by atoms with Crippen LogP contribution in [0.2, 0.25) is 0 Å². The maximum absolute atomic E-state index is 10.5. The summed E-state index contributed by atoms with van der Waals surface area (Å²) in [6.45, 7) is 0. The van der Waals surface area contributed by atoms with Gasteiger partial charge in [-0.2, -0.15) is 0 Å². The topological polar surface area (TPSA) is 89.4 Å². The summed E-state index contributed by atoms with van der Waals surface area (Å²) in [6.07, 6.45) is 1.57. The molecule has 3 N–H and O–H groups in total. The van der Waals surface area contributed by atoms with Gasteiger partial charge in [0.25, 0.3) is 0 Å². The van der Waals surface area contributed by atoms with Gasteiger partial charge in [-0.05, 0) is 30.0 Å². The van der Waals surface area contributed by atoms with E-state index >= 15 is 0 Å². The third-order valence-corrected chi connectivity index (χ3v) is 2.56. The molecule has 1 aromatic rings. The number of phenols is 1. The van der Waals surface area contributed by atoms with Crippen LogP contribution in [0, 0.1) is 10.1 Å².